The molecule has 1 saturated heterocycles. The molecular weight excluding hydrogens is 164 g/mol. The van der Waals surface area contributed by atoms with Crippen LogP contribution in [0.1, 0.15) is 34.6 Å². The van der Waals surface area contributed by atoms with Crippen molar-refractivity contribution in [3.63, 3.8) is 0 Å². The summed E-state index contributed by atoms with van der Waals surface area (Å²) in [5.74, 6) is 0.774. The minimum atomic E-state index is -0.652. The number of hydrogen-bond donors (Lipinski definition) is 1. The largest absolute Gasteiger partial charge is 0.387 e. The van der Waals surface area contributed by atoms with Crippen molar-refractivity contribution in [2.24, 2.45) is 17.3 Å². The van der Waals surface area contributed by atoms with Crippen molar-refractivity contribution in [2.75, 3.05) is 13.2 Å². The van der Waals surface area contributed by atoms with Crippen LogP contribution in [-0.4, -0.2) is 23.9 Å². The first-order valence-corrected chi connectivity index (χ1v) is 5.11. The van der Waals surface area contributed by atoms with Crippen LogP contribution in [0, 0.1) is 17.3 Å². The second-order valence-electron chi connectivity index (χ2n) is 5.33. The quantitative estimate of drug-likeness (QED) is 0.715. The van der Waals surface area contributed by atoms with Gasteiger partial charge in [0.15, 0.2) is 0 Å². The maximum Gasteiger partial charge on any atom is 0.0980 e. The number of hydrogen-bond acceptors (Lipinski definition) is 2. The summed E-state index contributed by atoms with van der Waals surface area (Å²) in [5, 5.41) is 10.5. The van der Waals surface area contributed by atoms with E-state index in [-0.39, 0.29) is 11.3 Å². The highest BCUT2D eigenvalue weighted by atomic mass is 16.5. The molecule has 0 aliphatic carbocycles. The van der Waals surface area contributed by atoms with Crippen molar-refractivity contribution in [1.82, 2.24) is 0 Å². The highest BCUT2D eigenvalue weighted by molar-refractivity contribution is 5.01. The topological polar surface area (TPSA) is 29.5 Å². The summed E-state index contributed by atoms with van der Waals surface area (Å²) in [6.07, 6.45) is 0. The molecule has 0 spiro atoms. The minimum Gasteiger partial charge on any atom is -0.387 e. The van der Waals surface area contributed by atoms with Crippen molar-refractivity contribution in [1.29, 1.82) is 0 Å². The Morgan fingerprint density at radius 3 is 2.00 bits per heavy atom. The average Bonchev–Trinajstić information content (AvgIpc) is 2.26. The van der Waals surface area contributed by atoms with Gasteiger partial charge in [0.1, 0.15) is 0 Å². The normalized spacial score (nSPS) is 35.3. The predicted octanol–water partition coefficient (Wildman–Crippen LogP) is 2.07. The van der Waals surface area contributed by atoms with E-state index in [2.05, 4.69) is 34.6 Å². The molecule has 0 saturated carbocycles. The molecule has 0 aromatic heterocycles. The van der Waals surface area contributed by atoms with Crippen molar-refractivity contribution >= 4 is 0 Å². The van der Waals surface area contributed by atoms with Crippen LogP contribution in [0.2, 0.25) is 0 Å². The van der Waals surface area contributed by atoms with Crippen LogP contribution in [0.5, 0.6) is 0 Å². The van der Waals surface area contributed by atoms with Crippen molar-refractivity contribution in [3.05, 3.63) is 0 Å². The molecule has 78 valence electrons. The van der Waals surface area contributed by atoms with Crippen LogP contribution in [0.25, 0.3) is 0 Å². The van der Waals surface area contributed by atoms with E-state index in [1.165, 1.54) is 0 Å². The van der Waals surface area contributed by atoms with Gasteiger partial charge in [0, 0.05) is 5.41 Å². The Morgan fingerprint density at radius 2 is 1.69 bits per heavy atom. The summed E-state index contributed by atoms with van der Waals surface area (Å²) in [5.41, 5.74) is -0.766. The summed E-state index contributed by atoms with van der Waals surface area (Å²) >= 11 is 0. The highest BCUT2D eigenvalue weighted by Crippen LogP contribution is 2.44. The van der Waals surface area contributed by atoms with Crippen LogP contribution in [0.15, 0.2) is 0 Å². The SMILES string of the molecule is CC(C)C(C)C1(O)COCC1(C)C. The lowest BCUT2D eigenvalue weighted by molar-refractivity contribution is -0.0899. The van der Waals surface area contributed by atoms with Gasteiger partial charge in [-0.05, 0) is 11.8 Å². The van der Waals surface area contributed by atoms with Crippen molar-refractivity contribution < 1.29 is 9.84 Å². The summed E-state index contributed by atoms with van der Waals surface area (Å²) < 4.78 is 5.40. The molecule has 13 heavy (non-hydrogen) atoms. The van der Waals surface area contributed by atoms with E-state index in [0.717, 1.165) is 0 Å². The average molecular weight is 186 g/mol. The third-order valence-electron chi connectivity index (χ3n) is 3.71. The molecular formula is C11H22O2. The molecule has 1 rings (SSSR count). The van der Waals surface area contributed by atoms with Gasteiger partial charge in [-0.2, -0.15) is 0 Å². The van der Waals surface area contributed by atoms with Crippen LogP contribution in [0.3, 0.4) is 0 Å². The van der Waals surface area contributed by atoms with Gasteiger partial charge in [0.05, 0.1) is 18.8 Å². The first-order chi connectivity index (χ1) is 5.81. The van der Waals surface area contributed by atoms with Crippen LogP contribution in [-0.2, 0) is 4.74 Å². The van der Waals surface area contributed by atoms with Gasteiger partial charge in [0.2, 0.25) is 0 Å². The zero-order valence-electron chi connectivity index (χ0n) is 9.42. The fourth-order valence-electron chi connectivity index (χ4n) is 2.08. The monoisotopic (exact) mass is 186 g/mol. The Bertz CT molecular complexity index is 187. The molecule has 0 aromatic carbocycles. The molecule has 1 aliphatic heterocycles. The third kappa shape index (κ3) is 1.62. The van der Waals surface area contributed by atoms with Crippen LogP contribution < -0.4 is 0 Å². The molecule has 0 radical (unpaired) electrons. The molecule has 2 atom stereocenters. The van der Waals surface area contributed by atoms with E-state index in [1.54, 1.807) is 0 Å². The number of ether oxygens (including phenoxy) is 1. The Labute approximate surface area is 81.3 Å². The van der Waals surface area contributed by atoms with E-state index in [9.17, 15) is 5.11 Å². The molecule has 2 unspecified atom stereocenters. The fraction of sp³-hybridized carbons (Fsp3) is 1.00. The van der Waals surface area contributed by atoms with E-state index >= 15 is 0 Å². The zero-order valence-corrected chi connectivity index (χ0v) is 9.42. The van der Waals surface area contributed by atoms with E-state index in [0.29, 0.717) is 19.1 Å². The van der Waals surface area contributed by atoms with E-state index < -0.39 is 5.60 Å². The standard InChI is InChI=1S/C11H22O2/c1-8(2)9(3)11(12)7-13-6-10(11,4)5/h8-9,12H,6-7H2,1-5H3. The van der Waals surface area contributed by atoms with Gasteiger partial charge >= 0.3 is 0 Å². The summed E-state index contributed by atoms with van der Waals surface area (Å²) in [7, 11) is 0. The second kappa shape index (κ2) is 3.25. The molecule has 0 bridgehead atoms. The fourth-order valence-corrected chi connectivity index (χ4v) is 2.08. The molecule has 1 fully saturated rings. The van der Waals surface area contributed by atoms with Gasteiger partial charge in [-0.25, -0.2) is 0 Å². The lowest BCUT2D eigenvalue weighted by Gasteiger charge is -2.41. The van der Waals surface area contributed by atoms with Crippen molar-refractivity contribution in [3.8, 4) is 0 Å². The minimum absolute atomic E-state index is 0.114. The van der Waals surface area contributed by atoms with E-state index in [1.807, 2.05) is 0 Å². The first-order valence-electron chi connectivity index (χ1n) is 5.11. The smallest absolute Gasteiger partial charge is 0.0980 e. The van der Waals surface area contributed by atoms with Gasteiger partial charge < -0.3 is 9.84 Å². The third-order valence-corrected chi connectivity index (χ3v) is 3.71. The molecule has 0 aromatic rings. The predicted molar refractivity (Wildman–Crippen MR) is 53.6 cm³/mol. The van der Waals surface area contributed by atoms with Crippen LogP contribution in [0.4, 0.5) is 0 Å². The Hall–Kier alpha value is -0.0800. The summed E-state index contributed by atoms with van der Waals surface area (Å²) in [6, 6.07) is 0. The highest BCUT2D eigenvalue weighted by Gasteiger charge is 2.52. The summed E-state index contributed by atoms with van der Waals surface area (Å²) in [6.45, 7) is 11.7. The molecule has 0 amide bonds. The van der Waals surface area contributed by atoms with Gasteiger partial charge in [0.25, 0.3) is 0 Å². The molecule has 1 aliphatic rings. The zero-order chi connectivity index (χ0) is 10.3. The lowest BCUT2D eigenvalue weighted by atomic mass is 9.67. The summed E-state index contributed by atoms with van der Waals surface area (Å²) in [4.78, 5) is 0. The van der Waals surface area contributed by atoms with Crippen LogP contribution >= 0.6 is 0 Å². The number of aliphatic hydroxyl groups is 1. The van der Waals surface area contributed by atoms with Crippen molar-refractivity contribution in [2.45, 2.75) is 40.2 Å². The van der Waals surface area contributed by atoms with Gasteiger partial charge in [-0.3, -0.25) is 0 Å². The van der Waals surface area contributed by atoms with Gasteiger partial charge in [-0.15, -0.1) is 0 Å². The lowest BCUT2D eigenvalue weighted by Crippen LogP contribution is -2.50. The Morgan fingerprint density at radius 1 is 1.15 bits per heavy atom. The molecule has 2 nitrogen and oxygen atoms in total. The number of rotatable bonds is 2. The molecule has 1 heterocycles. The maximum absolute atomic E-state index is 10.5. The van der Waals surface area contributed by atoms with Gasteiger partial charge in [-0.1, -0.05) is 34.6 Å². The Kier molecular flexibility index (Phi) is 2.75. The van der Waals surface area contributed by atoms with E-state index in [4.69, 9.17) is 4.74 Å². The first kappa shape index (κ1) is 11.0. The molecule has 2 heteroatoms. The second-order valence-corrected chi connectivity index (χ2v) is 5.33. The Balaban J connectivity index is 2.86. The maximum atomic E-state index is 10.5. The molecule has 1 N–H and O–H groups in total.